The van der Waals surface area contributed by atoms with Gasteiger partial charge >= 0.3 is 0 Å². The lowest BCUT2D eigenvalue weighted by molar-refractivity contribution is -0.107. The molecule has 0 aliphatic rings. The van der Waals surface area contributed by atoms with Gasteiger partial charge in [-0.15, -0.1) is 0 Å². The van der Waals surface area contributed by atoms with Crippen molar-refractivity contribution in [3.63, 3.8) is 0 Å². The molecule has 0 amide bonds. The third-order valence-electron chi connectivity index (χ3n) is 1.63. The number of allylic oxidation sites excluding steroid dienone is 2. The van der Waals surface area contributed by atoms with Gasteiger partial charge < -0.3 is 0 Å². The molecule has 0 atom stereocenters. The minimum Gasteiger partial charge on any atom is -0.276 e. The second kappa shape index (κ2) is 4.19. The Morgan fingerprint density at radius 3 is 2.38 bits per heavy atom. The van der Waals surface area contributed by atoms with Gasteiger partial charge in [0.15, 0.2) is 0 Å². The smallest absolute Gasteiger partial charge is 0.245 e. The lowest BCUT2D eigenvalue weighted by Gasteiger charge is -1.98. The minimum absolute atomic E-state index is 0.297. The predicted octanol–water partition coefficient (Wildman–Crippen LogP) is 2.99. The largest absolute Gasteiger partial charge is 0.276 e. The number of carbonyl (C=O) groups excluding carboxylic acids is 1. The van der Waals surface area contributed by atoms with E-state index in [-0.39, 0.29) is 5.82 Å². The normalized spacial score (nSPS) is 11.5. The molecular weight excluding hydrogens is 191 g/mol. The first kappa shape index (κ1) is 9.93. The monoisotopic (exact) mass is 198 g/mol. The van der Waals surface area contributed by atoms with Crippen LogP contribution >= 0.6 is 11.6 Å². The van der Waals surface area contributed by atoms with Crippen molar-refractivity contribution in [1.29, 1.82) is 0 Å². The van der Waals surface area contributed by atoms with Crippen molar-refractivity contribution < 1.29 is 9.18 Å². The van der Waals surface area contributed by atoms with E-state index in [1.54, 1.807) is 19.1 Å². The zero-order chi connectivity index (χ0) is 9.84. The zero-order valence-electron chi connectivity index (χ0n) is 7.05. The molecule has 1 aromatic rings. The van der Waals surface area contributed by atoms with E-state index in [9.17, 15) is 9.18 Å². The average molecular weight is 199 g/mol. The van der Waals surface area contributed by atoms with E-state index in [1.165, 1.54) is 18.2 Å². The van der Waals surface area contributed by atoms with Crippen LogP contribution in [0, 0.1) is 5.82 Å². The Hall–Kier alpha value is -1.15. The summed E-state index contributed by atoms with van der Waals surface area (Å²) in [4.78, 5) is 10.5. The van der Waals surface area contributed by atoms with Crippen molar-refractivity contribution >= 4 is 22.4 Å². The molecule has 0 N–H and O–H groups in total. The second-order valence-corrected chi connectivity index (χ2v) is 3.01. The van der Waals surface area contributed by atoms with Crippen LogP contribution < -0.4 is 0 Å². The topological polar surface area (TPSA) is 17.1 Å². The SMILES string of the molecule is C/C(=C\C(=O)Cl)c1ccc(F)cc1. The molecule has 0 aromatic heterocycles. The van der Waals surface area contributed by atoms with Gasteiger partial charge in [0.05, 0.1) is 0 Å². The Morgan fingerprint density at radius 1 is 1.38 bits per heavy atom. The molecule has 1 aromatic carbocycles. The average Bonchev–Trinajstić information content (AvgIpc) is 2.04. The molecule has 0 saturated carbocycles. The molecule has 0 unspecified atom stereocenters. The first-order valence-corrected chi connectivity index (χ1v) is 4.11. The van der Waals surface area contributed by atoms with Crippen molar-refractivity contribution in [3.05, 3.63) is 41.7 Å². The predicted molar refractivity (Wildman–Crippen MR) is 50.9 cm³/mol. The van der Waals surface area contributed by atoms with Crippen LogP contribution in [-0.4, -0.2) is 5.24 Å². The molecule has 0 saturated heterocycles. The van der Waals surface area contributed by atoms with Gasteiger partial charge in [-0.05, 0) is 41.8 Å². The highest BCUT2D eigenvalue weighted by Gasteiger charge is 1.97. The van der Waals surface area contributed by atoms with Crippen LogP contribution in [0.3, 0.4) is 0 Å². The Kier molecular flexibility index (Phi) is 3.20. The van der Waals surface area contributed by atoms with Crippen molar-refractivity contribution in [2.45, 2.75) is 6.92 Å². The molecule has 0 radical (unpaired) electrons. The molecule has 1 rings (SSSR count). The quantitative estimate of drug-likeness (QED) is 0.528. The van der Waals surface area contributed by atoms with Crippen molar-refractivity contribution in [2.24, 2.45) is 0 Å². The maximum Gasteiger partial charge on any atom is 0.245 e. The first-order valence-electron chi connectivity index (χ1n) is 3.73. The van der Waals surface area contributed by atoms with E-state index in [0.717, 1.165) is 11.1 Å². The number of benzene rings is 1. The van der Waals surface area contributed by atoms with E-state index < -0.39 is 5.24 Å². The molecule has 0 spiro atoms. The highest BCUT2D eigenvalue weighted by molar-refractivity contribution is 6.66. The summed E-state index contributed by atoms with van der Waals surface area (Å²) in [5, 5.41) is -0.526. The summed E-state index contributed by atoms with van der Waals surface area (Å²) in [6.45, 7) is 1.74. The Bertz CT molecular complexity index is 340. The van der Waals surface area contributed by atoms with Crippen LogP contribution in [0.1, 0.15) is 12.5 Å². The van der Waals surface area contributed by atoms with Crippen LogP contribution in [0.5, 0.6) is 0 Å². The zero-order valence-corrected chi connectivity index (χ0v) is 7.81. The molecule has 68 valence electrons. The third kappa shape index (κ3) is 2.99. The van der Waals surface area contributed by atoms with E-state index >= 15 is 0 Å². The lowest BCUT2D eigenvalue weighted by Crippen LogP contribution is -1.84. The fourth-order valence-electron chi connectivity index (χ4n) is 0.966. The van der Waals surface area contributed by atoms with Gasteiger partial charge in [-0.25, -0.2) is 4.39 Å². The molecule has 0 aliphatic heterocycles. The summed E-state index contributed by atoms with van der Waals surface area (Å²) >= 11 is 5.16. The Balaban J connectivity index is 2.96. The van der Waals surface area contributed by atoms with E-state index in [1.807, 2.05) is 0 Å². The summed E-state index contributed by atoms with van der Waals surface area (Å²) in [6.07, 6.45) is 1.30. The number of hydrogen-bond donors (Lipinski definition) is 0. The first-order chi connectivity index (χ1) is 6.09. The number of halogens is 2. The van der Waals surface area contributed by atoms with Crippen LogP contribution in [0.25, 0.3) is 5.57 Å². The van der Waals surface area contributed by atoms with Crippen LogP contribution in [0.15, 0.2) is 30.3 Å². The van der Waals surface area contributed by atoms with E-state index in [4.69, 9.17) is 11.6 Å². The van der Waals surface area contributed by atoms with E-state index in [2.05, 4.69) is 0 Å². The van der Waals surface area contributed by atoms with Crippen LogP contribution in [0.4, 0.5) is 4.39 Å². The van der Waals surface area contributed by atoms with Gasteiger partial charge in [0.25, 0.3) is 0 Å². The van der Waals surface area contributed by atoms with Crippen molar-refractivity contribution in [2.75, 3.05) is 0 Å². The Labute approximate surface area is 80.8 Å². The van der Waals surface area contributed by atoms with Crippen molar-refractivity contribution in [3.8, 4) is 0 Å². The molecule has 1 nitrogen and oxygen atoms in total. The van der Waals surface area contributed by atoms with Gasteiger partial charge in [-0.1, -0.05) is 12.1 Å². The number of carbonyl (C=O) groups is 1. The summed E-state index contributed by atoms with van der Waals surface area (Å²) in [5.41, 5.74) is 1.51. The summed E-state index contributed by atoms with van der Waals surface area (Å²) < 4.78 is 12.5. The van der Waals surface area contributed by atoms with E-state index in [0.29, 0.717) is 0 Å². The fraction of sp³-hybridized carbons (Fsp3) is 0.100. The van der Waals surface area contributed by atoms with Gasteiger partial charge in [-0.2, -0.15) is 0 Å². The standard InChI is InChI=1S/C10H8ClFO/c1-7(6-10(11)13)8-2-4-9(12)5-3-8/h2-6H,1H3/b7-6+. The highest BCUT2D eigenvalue weighted by atomic mass is 35.5. The second-order valence-electron chi connectivity index (χ2n) is 2.64. The van der Waals surface area contributed by atoms with Crippen molar-refractivity contribution in [1.82, 2.24) is 0 Å². The Morgan fingerprint density at radius 2 is 1.92 bits per heavy atom. The van der Waals surface area contributed by atoms with Crippen LogP contribution in [-0.2, 0) is 4.79 Å². The highest BCUT2D eigenvalue weighted by Crippen LogP contribution is 2.14. The van der Waals surface area contributed by atoms with Gasteiger partial charge in [0.1, 0.15) is 5.82 Å². The third-order valence-corrected chi connectivity index (χ3v) is 1.74. The minimum atomic E-state index is -0.526. The fourth-order valence-corrected chi connectivity index (χ4v) is 1.13. The van der Waals surface area contributed by atoms with Gasteiger partial charge in [0, 0.05) is 6.08 Å². The molecule has 13 heavy (non-hydrogen) atoms. The number of rotatable bonds is 2. The summed E-state index contributed by atoms with van der Waals surface area (Å²) in [5.74, 6) is -0.297. The number of hydrogen-bond acceptors (Lipinski definition) is 1. The van der Waals surface area contributed by atoms with Crippen LogP contribution in [0.2, 0.25) is 0 Å². The summed E-state index contributed by atoms with van der Waals surface area (Å²) in [7, 11) is 0. The molecule has 0 aliphatic carbocycles. The molecular formula is C10H8ClFO. The molecule has 3 heteroatoms. The molecule has 0 fully saturated rings. The van der Waals surface area contributed by atoms with Gasteiger partial charge in [-0.3, -0.25) is 4.79 Å². The molecule has 0 bridgehead atoms. The molecule has 0 heterocycles. The van der Waals surface area contributed by atoms with Gasteiger partial charge in [0.2, 0.25) is 5.24 Å². The summed E-state index contributed by atoms with van der Waals surface area (Å²) in [6, 6.07) is 5.87. The maximum atomic E-state index is 12.5. The maximum absolute atomic E-state index is 12.5. The lowest BCUT2D eigenvalue weighted by atomic mass is 10.1.